The molecule has 2 atom stereocenters. The summed E-state index contributed by atoms with van der Waals surface area (Å²) >= 11 is 5.87. The molecule has 3 heteroatoms. The highest BCUT2D eigenvalue weighted by Gasteiger charge is 2.29. The van der Waals surface area contributed by atoms with E-state index in [1.807, 2.05) is 6.07 Å². The minimum absolute atomic E-state index is 0.179. The summed E-state index contributed by atoms with van der Waals surface area (Å²) < 4.78 is 0. The van der Waals surface area contributed by atoms with Crippen LogP contribution in [0.1, 0.15) is 37.4 Å². The van der Waals surface area contributed by atoms with Crippen molar-refractivity contribution in [3.05, 3.63) is 34.9 Å². The predicted octanol–water partition coefficient (Wildman–Crippen LogP) is 3.13. The molecule has 86 valence electrons. The lowest BCUT2D eigenvalue weighted by molar-refractivity contribution is -0.128. The van der Waals surface area contributed by atoms with Crippen molar-refractivity contribution in [3.63, 3.8) is 0 Å². The largest absolute Gasteiger partial charge is 0.388 e. The van der Waals surface area contributed by atoms with Crippen molar-refractivity contribution in [1.82, 2.24) is 0 Å². The Balaban J connectivity index is 2.17. The molecule has 1 aliphatic carbocycles. The van der Waals surface area contributed by atoms with Crippen LogP contribution in [0.15, 0.2) is 24.3 Å². The van der Waals surface area contributed by atoms with Gasteiger partial charge in [-0.1, -0.05) is 30.2 Å². The zero-order valence-electron chi connectivity index (χ0n) is 9.03. The fourth-order valence-corrected chi connectivity index (χ4v) is 2.47. The lowest BCUT2D eigenvalue weighted by Crippen LogP contribution is -2.25. The molecule has 1 aromatic rings. The number of carbonyl (C=O) groups excluding carboxylic acids is 1. The van der Waals surface area contributed by atoms with E-state index >= 15 is 0 Å². The number of carbonyl (C=O) groups is 1. The van der Waals surface area contributed by atoms with E-state index in [0.717, 1.165) is 24.8 Å². The third-order valence-corrected chi connectivity index (χ3v) is 3.41. The van der Waals surface area contributed by atoms with Crippen LogP contribution < -0.4 is 0 Å². The van der Waals surface area contributed by atoms with Crippen LogP contribution in [0.3, 0.4) is 0 Å². The van der Waals surface area contributed by atoms with Gasteiger partial charge in [0.05, 0.1) is 6.10 Å². The third kappa shape index (κ3) is 2.45. The number of hydrogen-bond donors (Lipinski definition) is 1. The van der Waals surface area contributed by atoms with Crippen molar-refractivity contribution in [3.8, 4) is 0 Å². The van der Waals surface area contributed by atoms with Crippen LogP contribution in [0.4, 0.5) is 0 Å². The van der Waals surface area contributed by atoms with E-state index in [1.165, 1.54) is 0 Å². The predicted molar refractivity (Wildman–Crippen MR) is 63.4 cm³/mol. The first-order valence-corrected chi connectivity index (χ1v) is 6.02. The monoisotopic (exact) mass is 238 g/mol. The van der Waals surface area contributed by atoms with E-state index in [9.17, 15) is 9.90 Å². The van der Waals surface area contributed by atoms with Gasteiger partial charge < -0.3 is 5.11 Å². The lowest BCUT2D eigenvalue weighted by Gasteiger charge is -2.25. The van der Waals surface area contributed by atoms with Gasteiger partial charge in [-0.25, -0.2) is 0 Å². The summed E-state index contributed by atoms with van der Waals surface area (Å²) in [6.45, 7) is 0. The number of ketones is 1. The number of aliphatic hydroxyl groups is 1. The maximum Gasteiger partial charge on any atom is 0.138 e. The van der Waals surface area contributed by atoms with Crippen LogP contribution in [-0.2, 0) is 4.79 Å². The molecule has 0 bridgehead atoms. The molecule has 0 amide bonds. The van der Waals surface area contributed by atoms with Gasteiger partial charge in [0.15, 0.2) is 0 Å². The minimum atomic E-state index is -0.702. The Morgan fingerprint density at radius 2 is 2.19 bits per heavy atom. The molecular formula is C13H15ClO2. The molecule has 0 aliphatic heterocycles. The fraction of sp³-hybridized carbons (Fsp3) is 0.462. The Hall–Kier alpha value is -0.860. The smallest absolute Gasteiger partial charge is 0.138 e. The number of aliphatic hydroxyl groups excluding tert-OH is 1. The van der Waals surface area contributed by atoms with Gasteiger partial charge in [0, 0.05) is 17.4 Å². The van der Waals surface area contributed by atoms with Crippen LogP contribution in [0.25, 0.3) is 0 Å². The third-order valence-electron chi connectivity index (χ3n) is 3.17. The fourth-order valence-electron chi connectivity index (χ4n) is 2.27. The summed E-state index contributed by atoms with van der Waals surface area (Å²) in [5, 5.41) is 10.8. The SMILES string of the molecule is O=C1CCCC[C@H]1[C@H](O)c1cccc(Cl)c1. The molecule has 2 nitrogen and oxygen atoms in total. The average Bonchev–Trinajstić information content (AvgIpc) is 2.29. The molecule has 0 aromatic heterocycles. The molecular weight excluding hydrogens is 224 g/mol. The molecule has 1 aromatic carbocycles. The average molecular weight is 239 g/mol. The number of hydrogen-bond acceptors (Lipinski definition) is 2. The number of benzene rings is 1. The number of rotatable bonds is 2. The van der Waals surface area contributed by atoms with Crippen molar-refractivity contribution < 1.29 is 9.90 Å². The van der Waals surface area contributed by atoms with Crippen molar-refractivity contribution in [1.29, 1.82) is 0 Å². The highest BCUT2D eigenvalue weighted by Crippen LogP contribution is 2.32. The summed E-state index contributed by atoms with van der Waals surface area (Å²) in [4.78, 5) is 11.7. The maximum atomic E-state index is 11.7. The first kappa shape index (κ1) is 11.6. The summed E-state index contributed by atoms with van der Waals surface area (Å²) in [5.74, 6) is -0.0639. The standard InChI is InChI=1S/C13H15ClO2/c14-10-5-3-4-9(8-10)13(16)11-6-1-2-7-12(11)15/h3-5,8,11,13,16H,1-2,6-7H2/t11-,13-/m1/s1. The van der Waals surface area contributed by atoms with Gasteiger partial charge >= 0.3 is 0 Å². The summed E-state index contributed by atoms with van der Waals surface area (Å²) in [6, 6.07) is 7.11. The van der Waals surface area contributed by atoms with Crippen molar-refractivity contribution in [2.45, 2.75) is 31.8 Å². The van der Waals surface area contributed by atoms with Crippen molar-refractivity contribution >= 4 is 17.4 Å². The van der Waals surface area contributed by atoms with Gasteiger partial charge in [-0.2, -0.15) is 0 Å². The molecule has 1 N–H and O–H groups in total. The van der Waals surface area contributed by atoms with E-state index in [0.29, 0.717) is 11.4 Å². The molecule has 1 aliphatic rings. The van der Waals surface area contributed by atoms with Crippen LogP contribution >= 0.6 is 11.6 Å². The van der Waals surface area contributed by atoms with E-state index in [-0.39, 0.29) is 11.7 Å². The van der Waals surface area contributed by atoms with Gasteiger partial charge in [-0.05, 0) is 30.5 Å². The zero-order valence-corrected chi connectivity index (χ0v) is 9.78. The quantitative estimate of drug-likeness (QED) is 0.860. The van der Waals surface area contributed by atoms with Crippen LogP contribution in [0.2, 0.25) is 5.02 Å². The van der Waals surface area contributed by atoms with Crippen molar-refractivity contribution in [2.75, 3.05) is 0 Å². The molecule has 0 spiro atoms. The van der Waals surface area contributed by atoms with Crippen LogP contribution in [0, 0.1) is 5.92 Å². The Labute approximate surface area is 100 Å². The highest BCUT2D eigenvalue weighted by atomic mass is 35.5. The molecule has 1 saturated carbocycles. The first-order chi connectivity index (χ1) is 7.68. The normalized spacial score (nSPS) is 23.1. The minimum Gasteiger partial charge on any atom is -0.388 e. The zero-order chi connectivity index (χ0) is 11.5. The van der Waals surface area contributed by atoms with E-state index in [2.05, 4.69) is 0 Å². The molecule has 0 heterocycles. The molecule has 0 saturated heterocycles. The summed E-state index contributed by atoms with van der Waals surface area (Å²) in [7, 11) is 0. The second kappa shape index (κ2) is 4.98. The summed E-state index contributed by atoms with van der Waals surface area (Å²) in [5.41, 5.74) is 0.743. The lowest BCUT2D eigenvalue weighted by atomic mass is 9.82. The molecule has 2 rings (SSSR count). The van der Waals surface area contributed by atoms with Gasteiger partial charge in [0.1, 0.15) is 5.78 Å². The highest BCUT2D eigenvalue weighted by molar-refractivity contribution is 6.30. The van der Waals surface area contributed by atoms with Crippen LogP contribution in [-0.4, -0.2) is 10.9 Å². The van der Waals surface area contributed by atoms with Gasteiger partial charge in [0.25, 0.3) is 0 Å². The van der Waals surface area contributed by atoms with Gasteiger partial charge in [-0.3, -0.25) is 4.79 Å². The number of Topliss-reactive ketones (excluding diaryl/α,β-unsaturated/α-hetero) is 1. The van der Waals surface area contributed by atoms with Crippen LogP contribution in [0.5, 0.6) is 0 Å². The Bertz CT molecular complexity index is 389. The Kier molecular flexibility index (Phi) is 3.62. The Morgan fingerprint density at radius 1 is 1.38 bits per heavy atom. The van der Waals surface area contributed by atoms with Gasteiger partial charge in [0.2, 0.25) is 0 Å². The summed E-state index contributed by atoms with van der Waals surface area (Å²) in [6.07, 6.45) is 2.66. The van der Waals surface area contributed by atoms with E-state index in [1.54, 1.807) is 18.2 Å². The van der Waals surface area contributed by atoms with E-state index in [4.69, 9.17) is 11.6 Å². The first-order valence-electron chi connectivity index (χ1n) is 5.65. The molecule has 0 unspecified atom stereocenters. The maximum absolute atomic E-state index is 11.7. The number of halogens is 1. The second-order valence-corrected chi connectivity index (χ2v) is 4.75. The topological polar surface area (TPSA) is 37.3 Å². The van der Waals surface area contributed by atoms with Crippen molar-refractivity contribution in [2.24, 2.45) is 5.92 Å². The second-order valence-electron chi connectivity index (χ2n) is 4.32. The molecule has 1 fully saturated rings. The molecule has 16 heavy (non-hydrogen) atoms. The van der Waals surface area contributed by atoms with E-state index < -0.39 is 6.10 Å². The molecule has 0 radical (unpaired) electrons. The van der Waals surface area contributed by atoms with Gasteiger partial charge in [-0.15, -0.1) is 0 Å². The Morgan fingerprint density at radius 3 is 2.88 bits per heavy atom.